The number of imidazole rings is 1. The lowest BCUT2D eigenvalue weighted by atomic mass is 10.0. The summed E-state index contributed by atoms with van der Waals surface area (Å²) >= 11 is 0. The molecule has 0 amide bonds. The van der Waals surface area contributed by atoms with Gasteiger partial charge in [0.05, 0.1) is 29.0 Å². The molecule has 1 aliphatic rings. The fourth-order valence-electron chi connectivity index (χ4n) is 4.72. The molecule has 192 valence electrons. The van der Waals surface area contributed by atoms with Crippen molar-refractivity contribution in [3.05, 3.63) is 77.7 Å². The Balaban J connectivity index is 1.56. The van der Waals surface area contributed by atoms with Crippen LogP contribution in [0.5, 0.6) is 11.8 Å². The molecule has 1 aliphatic heterocycles. The number of benzene rings is 2. The Kier molecular flexibility index (Phi) is 6.97. The summed E-state index contributed by atoms with van der Waals surface area (Å²) in [5, 5.41) is 3.37. The molecule has 1 N–H and O–H groups in total. The van der Waals surface area contributed by atoms with Gasteiger partial charge in [0.25, 0.3) is 0 Å². The van der Waals surface area contributed by atoms with Gasteiger partial charge >= 0.3 is 12.2 Å². The monoisotopic (exact) mass is 507 g/mol. The van der Waals surface area contributed by atoms with Crippen LogP contribution in [0.1, 0.15) is 42.5 Å². The van der Waals surface area contributed by atoms with E-state index in [1.165, 1.54) is 12.1 Å². The van der Waals surface area contributed by atoms with Crippen LogP contribution in [-0.2, 0) is 12.6 Å². The van der Waals surface area contributed by atoms with E-state index in [0.29, 0.717) is 22.7 Å². The van der Waals surface area contributed by atoms with Crippen LogP contribution in [0.25, 0.3) is 22.6 Å². The van der Waals surface area contributed by atoms with Crippen molar-refractivity contribution in [2.24, 2.45) is 0 Å². The maximum absolute atomic E-state index is 13.2. The first-order chi connectivity index (χ1) is 17.8. The normalized spacial score (nSPS) is 14.6. The number of ether oxygens (including phenoxy) is 1. The van der Waals surface area contributed by atoms with Gasteiger partial charge in [-0.05, 0) is 80.7 Å². The minimum absolute atomic E-state index is 0.190. The predicted octanol–water partition coefficient (Wildman–Crippen LogP) is 6.61. The highest BCUT2D eigenvalue weighted by molar-refractivity contribution is 5.77. The molecule has 2 aromatic carbocycles. The van der Waals surface area contributed by atoms with Gasteiger partial charge in [0.2, 0.25) is 0 Å². The van der Waals surface area contributed by atoms with Crippen LogP contribution < -0.4 is 10.1 Å². The second kappa shape index (κ2) is 10.3. The van der Waals surface area contributed by atoms with Crippen LogP contribution in [0.15, 0.2) is 61.1 Å². The average Bonchev–Trinajstić information content (AvgIpc) is 3.34. The Morgan fingerprint density at radius 3 is 2.49 bits per heavy atom. The molecule has 0 bridgehead atoms. The third kappa shape index (κ3) is 5.51. The average molecular weight is 508 g/mol. The molecule has 2 aromatic heterocycles. The molecule has 6 nitrogen and oxygen atoms in total. The molecule has 0 aliphatic carbocycles. The number of piperidine rings is 1. The highest BCUT2D eigenvalue weighted by Crippen LogP contribution is 2.37. The van der Waals surface area contributed by atoms with Crippen LogP contribution in [0.3, 0.4) is 0 Å². The molecule has 0 atom stereocenters. The van der Waals surface area contributed by atoms with Crippen LogP contribution >= 0.6 is 0 Å². The lowest BCUT2D eigenvalue weighted by molar-refractivity contribution is -0.137. The lowest BCUT2D eigenvalue weighted by Gasteiger charge is -2.25. The second-order valence-electron chi connectivity index (χ2n) is 9.24. The largest absolute Gasteiger partial charge is 0.424 e. The Hall–Kier alpha value is -3.72. The van der Waals surface area contributed by atoms with E-state index in [2.05, 4.69) is 32.8 Å². The smallest absolute Gasteiger partial charge is 0.416 e. The van der Waals surface area contributed by atoms with Gasteiger partial charge in [-0.1, -0.05) is 25.1 Å². The summed E-state index contributed by atoms with van der Waals surface area (Å²) in [4.78, 5) is 13.7. The number of nitrogens with zero attached hydrogens (tertiary/aromatic N) is 4. The van der Waals surface area contributed by atoms with Gasteiger partial charge in [-0.2, -0.15) is 18.2 Å². The van der Waals surface area contributed by atoms with E-state index in [4.69, 9.17) is 9.72 Å². The summed E-state index contributed by atoms with van der Waals surface area (Å²) in [7, 11) is 0. The van der Waals surface area contributed by atoms with E-state index >= 15 is 0 Å². The van der Waals surface area contributed by atoms with Crippen molar-refractivity contribution >= 4 is 0 Å². The number of aryl methyl sites for hydroxylation is 2. The van der Waals surface area contributed by atoms with Crippen molar-refractivity contribution in [3.8, 4) is 34.4 Å². The summed E-state index contributed by atoms with van der Waals surface area (Å²) in [6.07, 6.45) is 1.69. The first kappa shape index (κ1) is 25.0. The maximum atomic E-state index is 13.2. The van der Waals surface area contributed by atoms with Gasteiger partial charge in [0.1, 0.15) is 5.75 Å². The second-order valence-corrected chi connectivity index (χ2v) is 9.24. The van der Waals surface area contributed by atoms with Gasteiger partial charge in [0.15, 0.2) is 0 Å². The number of hydrogen-bond donors (Lipinski definition) is 1. The summed E-state index contributed by atoms with van der Waals surface area (Å²) in [5.41, 5.74) is 4.03. The molecule has 0 spiro atoms. The summed E-state index contributed by atoms with van der Waals surface area (Å²) in [6.45, 7) is 5.85. The zero-order chi connectivity index (χ0) is 26.0. The fourth-order valence-corrected chi connectivity index (χ4v) is 4.72. The highest BCUT2D eigenvalue weighted by Gasteiger charge is 2.30. The molecule has 1 fully saturated rings. The van der Waals surface area contributed by atoms with Gasteiger partial charge < -0.3 is 14.6 Å². The molecule has 3 heterocycles. The zero-order valence-corrected chi connectivity index (χ0v) is 20.7. The third-order valence-electron chi connectivity index (χ3n) is 6.59. The summed E-state index contributed by atoms with van der Waals surface area (Å²) in [6, 6.07) is 13.3. The number of hydrogen-bond acceptors (Lipinski definition) is 5. The first-order valence-electron chi connectivity index (χ1n) is 12.4. The van der Waals surface area contributed by atoms with Gasteiger partial charge in [-0.3, -0.25) is 0 Å². The molecule has 9 heteroatoms. The topological polar surface area (TPSA) is 64.9 Å². The van der Waals surface area contributed by atoms with Gasteiger partial charge in [-0.25, -0.2) is 9.97 Å². The van der Waals surface area contributed by atoms with Gasteiger partial charge in [-0.15, -0.1) is 0 Å². The van der Waals surface area contributed by atoms with E-state index < -0.39 is 11.7 Å². The van der Waals surface area contributed by atoms with Crippen molar-refractivity contribution < 1.29 is 17.9 Å². The third-order valence-corrected chi connectivity index (χ3v) is 6.59. The standard InChI is InChI=1S/C28H28F3N5O/c1-3-19-14-18(2)15-23(16-19)37-27-33-13-10-24(35-27)26-25(20-4-6-21(7-5-20)28(29,30)31)34-17-36(26)22-8-11-32-12-9-22/h4-7,10,13-17,22,32H,3,8-9,11-12H2,1-2H3. The van der Waals surface area contributed by atoms with Crippen molar-refractivity contribution in [3.63, 3.8) is 0 Å². The molecule has 5 rings (SSSR count). The van der Waals surface area contributed by atoms with Crippen LogP contribution in [0.2, 0.25) is 0 Å². The molecule has 0 radical (unpaired) electrons. The highest BCUT2D eigenvalue weighted by atomic mass is 19.4. The van der Waals surface area contributed by atoms with E-state index in [9.17, 15) is 13.2 Å². The van der Waals surface area contributed by atoms with Crippen LogP contribution in [0, 0.1) is 6.92 Å². The molecular formula is C28H28F3N5O. The first-order valence-corrected chi connectivity index (χ1v) is 12.4. The Morgan fingerprint density at radius 2 is 1.78 bits per heavy atom. The molecule has 0 unspecified atom stereocenters. The van der Waals surface area contributed by atoms with Crippen LogP contribution in [0.4, 0.5) is 13.2 Å². The number of rotatable bonds is 6. The Bertz CT molecular complexity index is 1380. The maximum Gasteiger partial charge on any atom is 0.416 e. The van der Waals surface area contributed by atoms with Gasteiger partial charge in [0, 0.05) is 17.8 Å². The molecule has 37 heavy (non-hydrogen) atoms. The minimum atomic E-state index is -4.40. The number of aromatic nitrogens is 4. The number of nitrogens with one attached hydrogen (secondary N) is 1. The fraction of sp³-hybridized carbons (Fsp3) is 0.321. The van der Waals surface area contributed by atoms with Crippen molar-refractivity contribution in [2.45, 2.75) is 45.3 Å². The lowest BCUT2D eigenvalue weighted by Crippen LogP contribution is -2.29. The molecule has 4 aromatic rings. The summed E-state index contributed by atoms with van der Waals surface area (Å²) < 4.78 is 47.6. The van der Waals surface area contributed by atoms with Crippen molar-refractivity contribution in [1.29, 1.82) is 0 Å². The van der Waals surface area contributed by atoms with E-state index in [1.54, 1.807) is 18.6 Å². The SMILES string of the molecule is CCc1cc(C)cc(Oc2nccc(-c3c(-c4ccc(C(F)(F)F)cc4)ncn3C3CCNCC3)n2)c1. The predicted molar refractivity (Wildman–Crippen MR) is 135 cm³/mol. The molecule has 1 saturated heterocycles. The Labute approximate surface area is 213 Å². The van der Waals surface area contributed by atoms with Crippen molar-refractivity contribution in [1.82, 2.24) is 24.8 Å². The van der Waals surface area contributed by atoms with E-state index in [-0.39, 0.29) is 12.1 Å². The number of halogens is 3. The zero-order valence-electron chi connectivity index (χ0n) is 20.7. The van der Waals surface area contributed by atoms with E-state index in [0.717, 1.165) is 61.3 Å². The minimum Gasteiger partial charge on any atom is -0.424 e. The summed E-state index contributed by atoms with van der Waals surface area (Å²) in [5.74, 6) is 0.656. The quantitative estimate of drug-likeness (QED) is 0.318. The molecule has 0 saturated carbocycles. The van der Waals surface area contributed by atoms with E-state index in [1.807, 2.05) is 19.1 Å². The number of alkyl halides is 3. The van der Waals surface area contributed by atoms with Crippen molar-refractivity contribution in [2.75, 3.05) is 13.1 Å². The Morgan fingerprint density at radius 1 is 1.03 bits per heavy atom. The van der Waals surface area contributed by atoms with Crippen LogP contribution in [-0.4, -0.2) is 32.6 Å². The molecular weight excluding hydrogens is 479 g/mol.